The van der Waals surface area contributed by atoms with Crippen LogP contribution in [-0.2, 0) is 17.9 Å². The lowest BCUT2D eigenvalue weighted by molar-refractivity contribution is 0.0600. The minimum atomic E-state index is -0.388. The highest BCUT2D eigenvalue weighted by atomic mass is 16.5. The summed E-state index contributed by atoms with van der Waals surface area (Å²) in [6.07, 6.45) is 3.93. The zero-order chi connectivity index (χ0) is 23.7. The molecule has 0 bridgehead atoms. The van der Waals surface area contributed by atoms with E-state index in [1.165, 1.54) is 7.11 Å². The van der Waals surface area contributed by atoms with Gasteiger partial charge in [0.25, 0.3) is 0 Å². The molecule has 1 aliphatic rings. The third-order valence-electron chi connectivity index (χ3n) is 6.00. The van der Waals surface area contributed by atoms with Crippen LogP contribution in [0.5, 0.6) is 17.2 Å². The van der Waals surface area contributed by atoms with E-state index >= 15 is 0 Å². The van der Waals surface area contributed by atoms with Crippen molar-refractivity contribution in [1.29, 1.82) is 0 Å². The minimum Gasteiger partial charge on any atom is -0.493 e. The van der Waals surface area contributed by atoms with Crippen molar-refractivity contribution < 1.29 is 23.7 Å². The first-order valence-corrected chi connectivity index (χ1v) is 10.8. The van der Waals surface area contributed by atoms with Gasteiger partial charge in [0.2, 0.25) is 0 Å². The number of hydrogen-bond donors (Lipinski definition) is 0. The van der Waals surface area contributed by atoms with E-state index < -0.39 is 0 Å². The van der Waals surface area contributed by atoms with E-state index in [9.17, 15) is 4.79 Å². The molecule has 0 N–H and O–H groups in total. The van der Waals surface area contributed by atoms with Gasteiger partial charge in [-0.2, -0.15) is 0 Å². The maximum atomic E-state index is 12.2. The van der Waals surface area contributed by atoms with Gasteiger partial charge in [-0.15, -0.1) is 0 Å². The van der Waals surface area contributed by atoms with Gasteiger partial charge in [-0.05, 0) is 34.9 Å². The number of fused-ring (bicyclic) bond motifs is 3. The number of carbonyl (C=O) groups is 1. The zero-order valence-electron chi connectivity index (χ0n) is 19.2. The molecule has 0 amide bonds. The Morgan fingerprint density at radius 2 is 1.82 bits per heavy atom. The van der Waals surface area contributed by atoms with Crippen molar-refractivity contribution in [2.24, 2.45) is 0 Å². The summed E-state index contributed by atoms with van der Waals surface area (Å²) in [5.74, 6) is 1.61. The summed E-state index contributed by atoms with van der Waals surface area (Å²) in [6.45, 7) is 1.00. The molecule has 7 heteroatoms. The van der Waals surface area contributed by atoms with Gasteiger partial charge in [0, 0.05) is 24.2 Å². The Morgan fingerprint density at radius 3 is 2.62 bits per heavy atom. The van der Waals surface area contributed by atoms with Crippen LogP contribution in [-0.4, -0.2) is 36.8 Å². The number of rotatable bonds is 5. The summed E-state index contributed by atoms with van der Waals surface area (Å²) in [7, 11) is 4.60. The van der Waals surface area contributed by atoms with E-state index in [2.05, 4.69) is 23.2 Å². The highest BCUT2D eigenvalue weighted by molar-refractivity contribution is 5.93. The number of benzene rings is 3. The summed E-state index contributed by atoms with van der Waals surface area (Å²) in [5, 5.41) is 0. The SMILES string of the molecule is COC(=O)c1ccc2c(c1)/C(=C/Cn1cnc3cc(OC)c(OC)cc31)c1ccccc1CO2. The van der Waals surface area contributed by atoms with E-state index in [0.29, 0.717) is 30.2 Å². The van der Waals surface area contributed by atoms with Gasteiger partial charge in [-0.3, -0.25) is 0 Å². The van der Waals surface area contributed by atoms with Crippen molar-refractivity contribution in [1.82, 2.24) is 9.55 Å². The van der Waals surface area contributed by atoms with Crippen LogP contribution in [0.15, 0.2) is 67.0 Å². The number of allylic oxidation sites excluding steroid dienone is 1. The number of carbonyl (C=O) groups excluding carboxylic acids is 1. The maximum Gasteiger partial charge on any atom is 0.337 e. The molecule has 0 radical (unpaired) electrons. The molecule has 0 unspecified atom stereocenters. The van der Waals surface area contributed by atoms with Crippen molar-refractivity contribution in [3.05, 3.63) is 89.3 Å². The van der Waals surface area contributed by atoms with Crippen LogP contribution >= 0.6 is 0 Å². The first kappa shape index (κ1) is 21.6. The molecule has 2 heterocycles. The van der Waals surface area contributed by atoms with E-state index in [4.69, 9.17) is 18.9 Å². The number of ether oxygens (including phenoxy) is 4. The van der Waals surface area contributed by atoms with Gasteiger partial charge < -0.3 is 23.5 Å². The Kier molecular flexibility index (Phi) is 5.67. The lowest BCUT2D eigenvalue weighted by atomic mass is 9.93. The number of hydrogen-bond acceptors (Lipinski definition) is 6. The monoisotopic (exact) mass is 456 g/mol. The summed E-state index contributed by atoms with van der Waals surface area (Å²) in [4.78, 5) is 16.8. The van der Waals surface area contributed by atoms with Gasteiger partial charge in [0.05, 0.1) is 44.3 Å². The molecule has 34 heavy (non-hydrogen) atoms. The number of aromatic nitrogens is 2. The fraction of sp³-hybridized carbons (Fsp3) is 0.185. The number of esters is 1. The van der Waals surface area contributed by atoms with Crippen LogP contribution in [0.1, 0.15) is 27.0 Å². The molecule has 0 spiro atoms. The van der Waals surface area contributed by atoms with Gasteiger partial charge in [-0.1, -0.05) is 30.3 Å². The van der Waals surface area contributed by atoms with E-state index in [1.54, 1.807) is 26.6 Å². The third-order valence-corrected chi connectivity index (χ3v) is 6.00. The quantitative estimate of drug-likeness (QED) is 0.399. The van der Waals surface area contributed by atoms with Crippen LogP contribution in [0.2, 0.25) is 0 Å². The first-order chi connectivity index (χ1) is 16.6. The maximum absolute atomic E-state index is 12.2. The molecule has 1 aliphatic heterocycles. The second-order valence-corrected chi connectivity index (χ2v) is 7.86. The predicted octanol–water partition coefficient (Wildman–Crippen LogP) is 4.86. The molecule has 1 aromatic heterocycles. The summed E-state index contributed by atoms with van der Waals surface area (Å²) >= 11 is 0. The zero-order valence-corrected chi connectivity index (χ0v) is 19.2. The van der Waals surface area contributed by atoms with Gasteiger partial charge in [-0.25, -0.2) is 9.78 Å². The molecule has 0 aliphatic carbocycles. The smallest absolute Gasteiger partial charge is 0.337 e. The van der Waals surface area contributed by atoms with Crippen molar-refractivity contribution in [3.8, 4) is 17.2 Å². The van der Waals surface area contributed by atoms with Crippen molar-refractivity contribution in [2.75, 3.05) is 21.3 Å². The fourth-order valence-electron chi connectivity index (χ4n) is 4.26. The van der Waals surface area contributed by atoms with Crippen molar-refractivity contribution in [3.63, 3.8) is 0 Å². The predicted molar refractivity (Wildman–Crippen MR) is 128 cm³/mol. The Bertz CT molecular complexity index is 1420. The van der Waals surface area contributed by atoms with Crippen LogP contribution in [0.25, 0.3) is 16.6 Å². The third kappa shape index (κ3) is 3.75. The lowest BCUT2D eigenvalue weighted by Gasteiger charge is -2.13. The Hall–Kier alpha value is -4.26. The van der Waals surface area contributed by atoms with Gasteiger partial charge in [0.15, 0.2) is 11.5 Å². The van der Waals surface area contributed by atoms with Crippen LogP contribution in [0, 0.1) is 0 Å². The summed E-state index contributed by atoms with van der Waals surface area (Å²) in [6, 6.07) is 17.3. The molecular weight excluding hydrogens is 432 g/mol. The first-order valence-electron chi connectivity index (χ1n) is 10.8. The Balaban J connectivity index is 1.63. The van der Waals surface area contributed by atoms with Gasteiger partial charge in [0.1, 0.15) is 12.4 Å². The van der Waals surface area contributed by atoms with Crippen LogP contribution in [0.3, 0.4) is 0 Å². The second-order valence-electron chi connectivity index (χ2n) is 7.86. The standard InChI is InChI=1S/C27H24N2O5/c1-31-25-13-22-23(14-26(25)32-2)29(16-28-22)11-10-20-19-7-5-4-6-18(19)15-34-24-9-8-17(12-21(20)24)27(30)33-3/h4-10,12-14,16H,11,15H2,1-3H3/b20-10+. The molecule has 3 aromatic carbocycles. The van der Waals surface area contributed by atoms with Crippen molar-refractivity contribution >= 4 is 22.6 Å². The van der Waals surface area contributed by atoms with Gasteiger partial charge >= 0.3 is 5.97 Å². The highest BCUT2D eigenvalue weighted by Gasteiger charge is 2.21. The number of imidazole rings is 1. The average molecular weight is 456 g/mol. The largest absolute Gasteiger partial charge is 0.493 e. The summed E-state index contributed by atoms with van der Waals surface area (Å²) in [5.41, 5.74) is 6.18. The topological polar surface area (TPSA) is 71.8 Å². The Morgan fingerprint density at radius 1 is 1.03 bits per heavy atom. The van der Waals surface area contributed by atoms with E-state index in [0.717, 1.165) is 39.0 Å². The molecular formula is C27H24N2O5. The summed E-state index contributed by atoms with van der Waals surface area (Å²) < 4.78 is 24.0. The van der Waals surface area contributed by atoms with Crippen molar-refractivity contribution in [2.45, 2.75) is 13.2 Å². The molecule has 7 nitrogen and oxygen atoms in total. The molecule has 0 saturated heterocycles. The van der Waals surface area contributed by atoms with E-state index in [-0.39, 0.29) is 5.97 Å². The molecule has 172 valence electrons. The van der Waals surface area contributed by atoms with Crippen LogP contribution in [0.4, 0.5) is 0 Å². The average Bonchev–Trinajstić information content (AvgIpc) is 3.20. The molecule has 5 rings (SSSR count). The number of methoxy groups -OCH3 is 3. The number of nitrogens with zero attached hydrogens (tertiary/aromatic N) is 2. The molecule has 4 aromatic rings. The minimum absolute atomic E-state index is 0.388. The second kappa shape index (κ2) is 8.94. The van der Waals surface area contributed by atoms with Crippen LogP contribution < -0.4 is 14.2 Å². The Labute approximate surface area is 197 Å². The lowest BCUT2D eigenvalue weighted by Crippen LogP contribution is -2.03. The normalized spacial score (nSPS) is 13.6. The fourth-order valence-corrected chi connectivity index (χ4v) is 4.26. The molecule has 0 fully saturated rings. The molecule has 0 atom stereocenters. The molecule has 0 saturated carbocycles. The highest BCUT2D eigenvalue weighted by Crippen LogP contribution is 2.38. The van der Waals surface area contributed by atoms with E-state index in [1.807, 2.05) is 41.0 Å².